The lowest BCUT2D eigenvalue weighted by Gasteiger charge is -2.10. The van der Waals surface area contributed by atoms with Crippen molar-refractivity contribution in [1.82, 2.24) is 14.8 Å². The van der Waals surface area contributed by atoms with Gasteiger partial charge in [-0.3, -0.25) is 0 Å². The van der Waals surface area contributed by atoms with Crippen LogP contribution in [-0.4, -0.2) is 14.8 Å². The van der Waals surface area contributed by atoms with E-state index >= 15 is 0 Å². The van der Waals surface area contributed by atoms with E-state index in [0.29, 0.717) is 0 Å². The van der Waals surface area contributed by atoms with E-state index in [0.717, 1.165) is 33.8 Å². The van der Waals surface area contributed by atoms with Crippen LogP contribution in [-0.2, 0) is 12.8 Å². The number of para-hydroxylation sites is 2. The maximum absolute atomic E-state index is 5.98. The number of nitrogens with zero attached hydrogens (tertiary/aromatic N) is 3. The Balaban J connectivity index is 1.75. The summed E-state index contributed by atoms with van der Waals surface area (Å²) in [6.45, 7) is 1.95. The fraction of sp³-hybridized carbons (Fsp3) is 0.176. The number of aromatic nitrogens is 3. The first-order valence-corrected chi connectivity index (χ1v) is 8.02. The normalized spacial score (nSPS) is 10.6. The molecule has 2 aromatic carbocycles. The maximum Gasteiger partial charge on any atom is 0.191 e. The molecule has 0 N–H and O–H groups in total. The molecular weight excluding hydrogens is 294 g/mol. The van der Waals surface area contributed by atoms with Gasteiger partial charge in [0.15, 0.2) is 5.16 Å². The highest BCUT2D eigenvalue weighted by molar-refractivity contribution is 7.98. The highest BCUT2D eigenvalue weighted by atomic mass is 32.2. The van der Waals surface area contributed by atoms with Gasteiger partial charge in [-0.15, -0.1) is 10.2 Å². The van der Waals surface area contributed by atoms with Crippen LogP contribution >= 0.6 is 11.8 Å². The van der Waals surface area contributed by atoms with Gasteiger partial charge in [0.25, 0.3) is 0 Å². The number of aryl methyl sites for hydroxylation is 1. The zero-order valence-corrected chi connectivity index (χ0v) is 13.4. The number of ether oxygens (including phenoxy) is 1. The third-order valence-corrected chi connectivity index (χ3v) is 4.42. The molecule has 112 valence electrons. The van der Waals surface area contributed by atoms with Gasteiger partial charge in [0.1, 0.15) is 17.3 Å². The van der Waals surface area contributed by atoms with Gasteiger partial charge in [0, 0.05) is 18.4 Å². The highest BCUT2D eigenvalue weighted by Crippen LogP contribution is 2.30. The molecular formula is C17H17N3OS. The minimum Gasteiger partial charge on any atom is -0.457 e. The molecule has 3 rings (SSSR count). The van der Waals surface area contributed by atoms with E-state index in [-0.39, 0.29) is 0 Å². The van der Waals surface area contributed by atoms with Crippen molar-refractivity contribution in [2.45, 2.75) is 17.8 Å². The van der Waals surface area contributed by atoms with Gasteiger partial charge < -0.3 is 9.30 Å². The minimum absolute atomic E-state index is 0.787. The van der Waals surface area contributed by atoms with Crippen LogP contribution in [0.5, 0.6) is 11.5 Å². The molecule has 0 aliphatic heterocycles. The van der Waals surface area contributed by atoms with E-state index in [9.17, 15) is 0 Å². The quantitative estimate of drug-likeness (QED) is 0.662. The maximum atomic E-state index is 5.98. The Morgan fingerprint density at radius 2 is 1.73 bits per heavy atom. The smallest absolute Gasteiger partial charge is 0.191 e. The Labute approximate surface area is 134 Å². The zero-order chi connectivity index (χ0) is 15.4. The van der Waals surface area contributed by atoms with E-state index in [1.54, 1.807) is 11.8 Å². The molecule has 5 heteroatoms. The number of hydrogen-bond acceptors (Lipinski definition) is 4. The molecule has 0 spiro atoms. The number of rotatable bonds is 5. The summed E-state index contributed by atoms with van der Waals surface area (Å²) in [5, 5.41) is 9.17. The molecule has 0 radical (unpaired) electrons. The first-order valence-electron chi connectivity index (χ1n) is 7.03. The molecule has 0 saturated heterocycles. The predicted octanol–water partition coefficient (Wildman–Crippen LogP) is 4.21. The molecule has 0 aliphatic carbocycles. The van der Waals surface area contributed by atoms with Gasteiger partial charge in [-0.25, -0.2) is 0 Å². The summed E-state index contributed by atoms with van der Waals surface area (Å²) in [6, 6.07) is 17.9. The lowest BCUT2D eigenvalue weighted by Crippen LogP contribution is -1.95. The Bertz CT molecular complexity index is 756. The monoisotopic (exact) mass is 311 g/mol. The summed E-state index contributed by atoms with van der Waals surface area (Å²) >= 11 is 1.66. The van der Waals surface area contributed by atoms with Gasteiger partial charge in [-0.05, 0) is 25.1 Å². The van der Waals surface area contributed by atoms with Crippen molar-refractivity contribution in [2.24, 2.45) is 7.05 Å². The lowest BCUT2D eigenvalue weighted by molar-refractivity contribution is 0.478. The van der Waals surface area contributed by atoms with Crippen molar-refractivity contribution in [2.75, 3.05) is 0 Å². The Hall–Kier alpha value is -2.27. The summed E-state index contributed by atoms with van der Waals surface area (Å²) in [4.78, 5) is 0. The van der Waals surface area contributed by atoms with E-state index in [1.807, 2.05) is 67.1 Å². The molecule has 0 fully saturated rings. The highest BCUT2D eigenvalue weighted by Gasteiger charge is 2.09. The SMILES string of the molecule is Cc1nnc(SCc2ccccc2Oc2ccccc2)n1C. The second kappa shape index (κ2) is 6.66. The number of thioether (sulfide) groups is 1. The first-order chi connectivity index (χ1) is 10.7. The first kappa shape index (κ1) is 14.7. The van der Waals surface area contributed by atoms with Crippen LogP contribution in [0.1, 0.15) is 11.4 Å². The average Bonchev–Trinajstić information content (AvgIpc) is 2.87. The van der Waals surface area contributed by atoms with E-state index < -0.39 is 0 Å². The fourth-order valence-electron chi connectivity index (χ4n) is 1.99. The number of hydrogen-bond donors (Lipinski definition) is 0. The Kier molecular flexibility index (Phi) is 4.44. The molecule has 3 aromatic rings. The average molecular weight is 311 g/mol. The second-order valence-electron chi connectivity index (χ2n) is 4.90. The van der Waals surface area contributed by atoms with Crippen molar-refractivity contribution in [3.05, 3.63) is 66.0 Å². The van der Waals surface area contributed by atoms with Crippen molar-refractivity contribution in [3.63, 3.8) is 0 Å². The Morgan fingerprint density at radius 1 is 1.00 bits per heavy atom. The van der Waals surface area contributed by atoms with Gasteiger partial charge in [-0.2, -0.15) is 0 Å². The van der Waals surface area contributed by atoms with Crippen molar-refractivity contribution in [1.29, 1.82) is 0 Å². The number of benzene rings is 2. The topological polar surface area (TPSA) is 39.9 Å². The van der Waals surface area contributed by atoms with Gasteiger partial charge in [-0.1, -0.05) is 48.2 Å². The fourth-order valence-corrected chi connectivity index (χ4v) is 2.94. The minimum atomic E-state index is 0.787. The predicted molar refractivity (Wildman–Crippen MR) is 88.3 cm³/mol. The molecule has 0 saturated carbocycles. The molecule has 0 amide bonds. The Morgan fingerprint density at radius 3 is 2.45 bits per heavy atom. The summed E-state index contributed by atoms with van der Waals surface area (Å²) in [5.74, 6) is 3.42. The van der Waals surface area contributed by atoms with Gasteiger partial charge in [0.2, 0.25) is 0 Å². The third-order valence-electron chi connectivity index (χ3n) is 3.35. The third kappa shape index (κ3) is 3.31. The molecule has 0 atom stereocenters. The molecule has 0 aliphatic rings. The lowest BCUT2D eigenvalue weighted by atomic mass is 10.2. The molecule has 4 nitrogen and oxygen atoms in total. The summed E-state index contributed by atoms with van der Waals surface area (Å²) in [6.07, 6.45) is 0. The van der Waals surface area contributed by atoms with Crippen LogP contribution in [0, 0.1) is 6.92 Å². The summed E-state index contributed by atoms with van der Waals surface area (Å²) < 4.78 is 7.97. The van der Waals surface area contributed by atoms with Crippen LogP contribution in [0.25, 0.3) is 0 Å². The summed E-state index contributed by atoms with van der Waals surface area (Å²) in [5.41, 5.74) is 1.14. The summed E-state index contributed by atoms with van der Waals surface area (Å²) in [7, 11) is 1.98. The molecule has 0 bridgehead atoms. The van der Waals surface area contributed by atoms with Crippen molar-refractivity contribution < 1.29 is 4.74 Å². The zero-order valence-electron chi connectivity index (χ0n) is 12.6. The standard InChI is InChI=1S/C17H17N3OS/c1-13-18-19-17(20(13)2)22-12-14-8-6-7-11-16(14)21-15-9-4-3-5-10-15/h3-11H,12H2,1-2H3. The van der Waals surface area contributed by atoms with Crippen molar-refractivity contribution >= 4 is 11.8 Å². The van der Waals surface area contributed by atoms with Gasteiger partial charge in [0.05, 0.1) is 0 Å². The van der Waals surface area contributed by atoms with Crippen LogP contribution in [0.3, 0.4) is 0 Å². The van der Waals surface area contributed by atoms with Gasteiger partial charge >= 0.3 is 0 Å². The molecule has 1 aromatic heterocycles. The van der Waals surface area contributed by atoms with Crippen molar-refractivity contribution in [3.8, 4) is 11.5 Å². The second-order valence-corrected chi connectivity index (χ2v) is 5.84. The van der Waals surface area contributed by atoms with Crippen LogP contribution < -0.4 is 4.74 Å². The van der Waals surface area contributed by atoms with Crippen LogP contribution in [0.2, 0.25) is 0 Å². The molecule has 0 unspecified atom stereocenters. The molecule has 22 heavy (non-hydrogen) atoms. The van der Waals surface area contributed by atoms with Crippen LogP contribution in [0.4, 0.5) is 0 Å². The molecule has 1 heterocycles. The van der Waals surface area contributed by atoms with Crippen LogP contribution in [0.15, 0.2) is 59.8 Å². The van der Waals surface area contributed by atoms with E-state index in [1.165, 1.54) is 0 Å². The van der Waals surface area contributed by atoms with E-state index in [2.05, 4.69) is 16.3 Å². The van der Waals surface area contributed by atoms with E-state index in [4.69, 9.17) is 4.74 Å². The largest absolute Gasteiger partial charge is 0.457 e.